The summed E-state index contributed by atoms with van der Waals surface area (Å²) in [6, 6.07) is 0.473. The van der Waals surface area contributed by atoms with Gasteiger partial charge in [0, 0.05) is 25.3 Å². The van der Waals surface area contributed by atoms with Crippen LogP contribution in [0.2, 0.25) is 0 Å². The van der Waals surface area contributed by atoms with Gasteiger partial charge in [0.2, 0.25) is 5.95 Å². The van der Waals surface area contributed by atoms with Crippen LogP contribution >= 0.6 is 15.9 Å². The van der Waals surface area contributed by atoms with Crippen LogP contribution in [-0.2, 0) is 0 Å². The summed E-state index contributed by atoms with van der Waals surface area (Å²) in [6.45, 7) is 10.4. The average molecular weight is 301 g/mol. The van der Waals surface area contributed by atoms with Gasteiger partial charge >= 0.3 is 0 Å². The maximum absolute atomic E-state index is 4.56. The second kappa shape index (κ2) is 6.79. The first-order valence-corrected chi connectivity index (χ1v) is 6.96. The molecule has 5 heteroatoms. The van der Waals surface area contributed by atoms with E-state index in [1.54, 1.807) is 0 Å². The molecule has 0 saturated carbocycles. The molecule has 1 N–H and O–H groups in total. The standard InChI is InChI=1S/C12H21BrN4/c1-5-9(4)17(7-3)11-10(13)8-15-12(16-11)14-6-2/h8-9H,5-7H2,1-4H3,(H,14,15,16). The van der Waals surface area contributed by atoms with Gasteiger partial charge in [0.1, 0.15) is 5.82 Å². The molecule has 1 aromatic rings. The number of rotatable bonds is 6. The second-order valence-corrected chi connectivity index (χ2v) is 4.79. The Kier molecular flexibility index (Phi) is 5.68. The van der Waals surface area contributed by atoms with Gasteiger partial charge in [0.15, 0.2) is 0 Å². The SMILES string of the molecule is CCNc1ncc(Br)c(N(CC)C(C)CC)n1. The van der Waals surface area contributed by atoms with E-state index in [1.165, 1.54) is 0 Å². The molecule has 4 nitrogen and oxygen atoms in total. The highest BCUT2D eigenvalue weighted by molar-refractivity contribution is 9.10. The van der Waals surface area contributed by atoms with Gasteiger partial charge in [-0.15, -0.1) is 0 Å². The second-order valence-electron chi connectivity index (χ2n) is 3.94. The molecule has 0 aromatic carbocycles. The summed E-state index contributed by atoms with van der Waals surface area (Å²) >= 11 is 3.53. The highest BCUT2D eigenvalue weighted by Crippen LogP contribution is 2.26. The highest BCUT2D eigenvalue weighted by atomic mass is 79.9. The molecule has 0 bridgehead atoms. The number of nitrogens with one attached hydrogen (secondary N) is 1. The Bertz CT molecular complexity index is 356. The number of aromatic nitrogens is 2. The minimum Gasteiger partial charge on any atom is -0.354 e. The van der Waals surface area contributed by atoms with Crippen LogP contribution in [0.25, 0.3) is 0 Å². The van der Waals surface area contributed by atoms with Crippen LogP contribution in [-0.4, -0.2) is 29.1 Å². The molecule has 1 rings (SSSR count). The minimum atomic E-state index is 0.473. The van der Waals surface area contributed by atoms with Crippen molar-refractivity contribution in [2.75, 3.05) is 23.3 Å². The predicted octanol–water partition coefficient (Wildman–Crippen LogP) is 3.30. The normalized spacial score (nSPS) is 12.3. The first-order valence-electron chi connectivity index (χ1n) is 6.17. The lowest BCUT2D eigenvalue weighted by atomic mass is 10.2. The highest BCUT2D eigenvalue weighted by Gasteiger charge is 2.16. The lowest BCUT2D eigenvalue weighted by Gasteiger charge is -2.29. The average Bonchev–Trinajstić information content (AvgIpc) is 2.34. The van der Waals surface area contributed by atoms with Crippen molar-refractivity contribution in [1.29, 1.82) is 0 Å². The van der Waals surface area contributed by atoms with E-state index in [4.69, 9.17) is 0 Å². The molecule has 0 aliphatic carbocycles. The van der Waals surface area contributed by atoms with Crippen molar-refractivity contribution in [2.45, 2.75) is 40.2 Å². The summed E-state index contributed by atoms with van der Waals surface area (Å²) < 4.78 is 0.946. The number of nitrogens with zero attached hydrogens (tertiary/aromatic N) is 3. The number of halogens is 1. The van der Waals surface area contributed by atoms with Crippen molar-refractivity contribution < 1.29 is 0 Å². The summed E-state index contributed by atoms with van der Waals surface area (Å²) in [5.74, 6) is 1.65. The van der Waals surface area contributed by atoms with Gasteiger partial charge in [-0.25, -0.2) is 4.98 Å². The fourth-order valence-corrected chi connectivity index (χ4v) is 2.11. The topological polar surface area (TPSA) is 41.1 Å². The Hall–Kier alpha value is -0.840. The molecule has 0 fully saturated rings. The lowest BCUT2D eigenvalue weighted by Crippen LogP contribution is -2.33. The zero-order valence-corrected chi connectivity index (χ0v) is 12.6. The zero-order valence-electron chi connectivity index (χ0n) is 11.0. The summed E-state index contributed by atoms with van der Waals surface area (Å²) in [6.07, 6.45) is 2.91. The molecule has 17 heavy (non-hydrogen) atoms. The van der Waals surface area contributed by atoms with Gasteiger partial charge in [-0.1, -0.05) is 6.92 Å². The summed E-state index contributed by atoms with van der Waals surface area (Å²) in [5.41, 5.74) is 0. The first kappa shape index (κ1) is 14.2. The fourth-order valence-electron chi connectivity index (χ4n) is 1.69. The lowest BCUT2D eigenvalue weighted by molar-refractivity contribution is 0.621. The molecule has 0 aliphatic heterocycles. The maximum atomic E-state index is 4.56. The molecule has 0 spiro atoms. The van der Waals surface area contributed by atoms with Crippen molar-refractivity contribution in [3.05, 3.63) is 10.7 Å². The van der Waals surface area contributed by atoms with Crippen molar-refractivity contribution in [3.8, 4) is 0 Å². The minimum absolute atomic E-state index is 0.473. The molecule has 1 atom stereocenters. The Labute approximate surface area is 112 Å². The molecule has 1 unspecified atom stereocenters. The van der Waals surface area contributed by atoms with Gasteiger partial charge in [-0.3, -0.25) is 0 Å². The van der Waals surface area contributed by atoms with E-state index >= 15 is 0 Å². The Morgan fingerprint density at radius 1 is 1.41 bits per heavy atom. The molecule has 1 heterocycles. The van der Waals surface area contributed by atoms with Crippen LogP contribution in [0.1, 0.15) is 34.1 Å². The third-order valence-electron chi connectivity index (χ3n) is 2.80. The fraction of sp³-hybridized carbons (Fsp3) is 0.667. The number of anilines is 2. The van der Waals surface area contributed by atoms with Crippen molar-refractivity contribution in [1.82, 2.24) is 9.97 Å². The van der Waals surface area contributed by atoms with Gasteiger partial charge < -0.3 is 10.2 Å². The molecule has 0 saturated heterocycles. The van der Waals surface area contributed by atoms with Crippen LogP contribution in [0.4, 0.5) is 11.8 Å². The molecule has 0 amide bonds. The quantitative estimate of drug-likeness (QED) is 0.875. The van der Waals surface area contributed by atoms with E-state index in [9.17, 15) is 0 Å². The van der Waals surface area contributed by atoms with Crippen LogP contribution < -0.4 is 10.2 Å². The van der Waals surface area contributed by atoms with E-state index in [1.807, 2.05) is 13.1 Å². The van der Waals surface area contributed by atoms with Crippen LogP contribution in [0.5, 0.6) is 0 Å². The van der Waals surface area contributed by atoms with E-state index in [2.05, 4.69) is 56.9 Å². The van der Waals surface area contributed by atoms with Crippen molar-refractivity contribution in [3.63, 3.8) is 0 Å². The van der Waals surface area contributed by atoms with E-state index in [0.29, 0.717) is 12.0 Å². The molecular weight excluding hydrogens is 280 g/mol. The third kappa shape index (κ3) is 3.56. The molecule has 96 valence electrons. The van der Waals surface area contributed by atoms with Gasteiger partial charge in [-0.05, 0) is 43.1 Å². The van der Waals surface area contributed by atoms with Crippen molar-refractivity contribution >= 4 is 27.7 Å². The largest absolute Gasteiger partial charge is 0.354 e. The molecule has 0 aliphatic rings. The molecule has 1 aromatic heterocycles. The van der Waals surface area contributed by atoms with Crippen LogP contribution in [0.3, 0.4) is 0 Å². The van der Waals surface area contributed by atoms with Crippen LogP contribution in [0, 0.1) is 0 Å². The Morgan fingerprint density at radius 3 is 2.65 bits per heavy atom. The van der Waals surface area contributed by atoms with E-state index in [0.717, 1.165) is 29.8 Å². The maximum Gasteiger partial charge on any atom is 0.224 e. The smallest absolute Gasteiger partial charge is 0.224 e. The van der Waals surface area contributed by atoms with E-state index in [-0.39, 0.29) is 0 Å². The zero-order chi connectivity index (χ0) is 12.8. The first-order chi connectivity index (χ1) is 8.13. The number of hydrogen-bond donors (Lipinski definition) is 1. The van der Waals surface area contributed by atoms with Gasteiger partial charge in [0.05, 0.1) is 4.47 Å². The molecular formula is C12H21BrN4. The summed E-state index contributed by atoms with van der Waals surface area (Å²) in [7, 11) is 0. The Balaban J connectivity index is 3.04. The number of hydrogen-bond acceptors (Lipinski definition) is 4. The monoisotopic (exact) mass is 300 g/mol. The van der Waals surface area contributed by atoms with Gasteiger partial charge in [0.25, 0.3) is 0 Å². The summed E-state index contributed by atoms with van der Waals surface area (Å²) in [4.78, 5) is 11.1. The van der Waals surface area contributed by atoms with Gasteiger partial charge in [-0.2, -0.15) is 4.98 Å². The Morgan fingerprint density at radius 2 is 2.12 bits per heavy atom. The van der Waals surface area contributed by atoms with E-state index < -0.39 is 0 Å². The third-order valence-corrected chi connectivity index (χ3v) is 3.36. The molecule has 0 radical (unpaired) electrons. The van der Waals surface area contributed by atoms with Crippen molar-refractivity contribution in [2.24, 2.45) is 0 Å². The van der Waals surface area contributed by atoms with Crippen LogP contribution in [0.15, 0.2) is 10.7 Å². The predicted molar refractivity (Wildman–Crippen MR) is 76.7 cm³/mol. The summed E-state index contributed by atoms with van der Waals surface area (Å²) in [5, 5.41) is 3.14.